The van der Waals surface area contributed by atoms with Crippen LogP contribution in [-0.2, 0) is 17.9 Å². The summed E-state index contributed by atoms with van der Waals surface area (Å²) in [5.74, 6) is 1.20. The molecule has 25 heavy (non-hydrogen) atoms. The Labute approximate surface area is 148 Å². The third kappa shape index (κ3) is 5.06. The van der Waals surface area contributed by atoms with E-state index in [2.05, 4.69) is 27.3 Å². The third-order valence-electron chi connectivity index (χ3n) is 4.50. The lowest BCUT2D eigenvalue weighted by atomic mass is 10.1. The van der Waals surface area contributed by atoms with Gasteiger partial charge < -0.3 is 14.6 Å². The molecular formula is C19H26N4O2. The summed E-state index contributed by atoms with van der Waals surface area (Å²) in [7, 11) is 0. The summed E-state index contributed by atoms with van der Waals surface area (Å²) in [6, 6.07) is 8.24. The van der Waals surface area contributed by atoms with E-state index in [0.717, 1.165) is 38.3 Å². The number of amides is 1. The van der Waals surface area contributed by atoms with Gasteiger partial charge in [-0.1, -0.05) is 12.1 Å². The molecule has 0 unspecified atom stereocenters. The molecule has 1 aromatic heterocycles. The second-order valence-corrected chi connectivity index (χ2v) is 6.41. The lowest BCUT2D eigenvalue weighted by molar-refractivity contribution is -0.124. The van der Waals surface area contributed by atoms with E-state index in [9.17, 15) is 4.79 Å². The maximum Gasteiger partial charge on any atom is 0.224 e. The molecule has 2 heterocycles. The number of nitrogens with zero attached hydrogens (tertiary/aromatic N) is 3. The van der Waals surface area contributed by atoms with Crippen LogP contribution in [0.25, 0.3) is 0 Å². The minimum atomic E-state index is 0.130. The first-order valence-corrected chi connectivity index (χ1v) is 8.92. The third-order valence-corrected chi connectivity index (χ3v) is 4.50. The normalized spacial score (nSPS) is 17.6. The van der Waals surface area contributed by atoms with E-state index in [1.54, 1.807) is 12.5 Å². The average molecular weight is 342 g/mol. The van der Waals surface area contributed by atoms with Crippen molar-refractivity contribution in [2.24, 2.45) is 5.92 Å². The zero-order valence-electron chi connectivity index (χ0n) is 14.7. The molecule has 1 amide bonds. The summed E-state index contributed by atoms with van der Waals surface area (Å²) in [5, 5.41) is 2.92. The van der Waals surface area contributed by atoms with Crippen LogP contribution in [0, 0.1) is 5.92 Å². The molecular weight excluding hydrogens is 316 g/mol. The minimum absolute atomic E-state index is 0.130. The Morgan fingerprint density at radius 1 is 1.36 bits per heavy atom. The van der Waals surface area contributed by atoms with Gasteiger partial charge in [-0.3, -0.25) is 9.69 Å². The SMILES string of the molecule is CCNC(=O)[C@@H]1CCN(Cc2ccc(OCCn3ccnc3)cc2)C1. The van der Waals surface area contributed by atoms with Crippen LogP contribution in [0.3, 0.4) is 0 Å². The first-order valence-electron chi connectivity index (χ1n) is 8.92. The van der Waals surface area contributed by atoms with E-state index >= 15 is 0 Å². The quantitative estimate of drug-likeness (QED) is 0.796. The molecule has 0 radical (unpaired) electrons. The van der Waals surface area contributed by atoms with Gasteiger partial charge in [0.25, 0.3) is 0 Å². The van der Waals surface area contributed by atoms with Crippen molar-refractivity contribution in [3.8, 4) is 5.75 Å². The van der Waals surface area contributed by atoms with E-state index < -0.39 is 0 Å². The van der Waals surface area contributed by atoms with Gasteiger partial charge in [-0.2, -0.15) is 0 Å². The summed E-state index contributed by atoms with van der Waals surface area (Å²) in [6.07, 6.45) is 6.43. The predicted molar refractivity (Wildman–Crippen MR) is 96.2 cm³/mol. The second kappa shape index (κ2) is 8.67. The van der Waals surface area contributed by atoms with Crippen LogP contribution in [0.5, 0.6) is 5.75 Å². The van der Waals surface area contributed by atoms with Gasteiger partial charge in [0.1, 0.15) is 12.4 Å². The van der Waals surface area contributed by atoms with Crippen LogP contribution in [0.4, 0.5) is 0 Å². The highest BCUT2D eigenvalue weighted by Gasteiger charge is 2.27. The molecule has 1 saturated heterocycles. The van der Waals surface area contributed by atoms with Crippen molar-refractivity contribution < 1.29 is 9.53 Å². The largest absolute Gasteiger partial charge is 0.492 e. The number of carbonyl (C=O) groups excluding carboxylic acids is 1. The molecule has 1 atom stereocenters. The van der Waals surface area contributed by atoms with Crippen LogP contribution in [0.2, 0.25) is 0 Å². The van der Waals surface area contributed by atoms with Crippen molar-refractivity contribution in [1.82, 2.24) is 19.8 Å². The molecule has 1 N–H and O–H groups in total. The number of likely N-dealkylation sites (tertiary alicyclic amines) is 1. The highest BCUT2D eigenvalue weighted by molar-refractivity contribution is 5.79. The fraction of sp³-hybridized carbons (Fsp3) is 0.474. The fourth-order valence-electron chi connectivity index (χ4n) is 3.15. The molecule has 1 aromatic carbocycles. The van der Waals surface area contributed by atoms with Gasteiger partial charge in [-0.15, -0.1) is 0 Å². The maximum atomic E-state index is 11.9. The lowest BCUT2D eigenvalue weighted by Crippen LogP contribution is -2.32. The molecule has 6 heteroatoms. The molecule has 0 bridgehead atoms. The summed E-state index contributed by atoms with van der Waals surface area (Å²) in [4.78, 5) is 18.3. The van der Waals surface area contributed by atoms with Crippen LogP contribution in [-0.4, -0.2) is 46.6 Å². The molecule has 134 valence electrons. The Morgan fingerprint density at radius 2 is 2.20 bits per heavy atom. The first-order chi connectivity index (χ1) is 12.2. The highest BCUT2D eigenvalue weighted by Crippen LogP contribution is 2.20. The van der Waals surface area contributed by atoms with Gasteiger partial charge in [0.05, 0.1) is 18.8 Å². The van der Waals surface area contributed by atoms with E-state index in [1.165, 1.54) is 5.56 Å². The zero-order valence-corrected chi connectivity index (χ0v) is 14.7. The maximum absolute atomic E-state index is 11.9. The predicted octanol–water partition coefficient (Wildman–Crippen LogP) is 1.92. The second-order valence-electron chi connectivity index (χ2n) is 6.41. The van der Waals surface area contributed by atoms with Gasteiger partial charge in [0, 0.05) is 32.0 Å². The van der Waals surface area contributed by atoms with Crippen LogP contribution in [0.1, 0.15) is 18.9 Å². The van der Waals surface area contributed by atoms with Crippen LogP contribution >= 0.6 is 0 Å². The van der Waals surface area contributed by atoms with Crippen molar-refractivity contribution in [2.75, 3.05) is 26.2 Å². The lowest BCUT2D eigenvalue weighted by Gasteiger charge is -2.16. The van der Waals surface area contributed by atoms with Crippen LogP contribution in [0.15, 0.2) is 43.0 Å². The van der Waals surface area contributed by atoms with Gasteiger partial charge in [-0.05, 0) is 37.6 Å². The topological polar surface area (TPSA) is 59.4 Å². The zero-order chi connectivity index (χ0) is 17.5. The molecule has 6 nitrogen and oxygen atoms in total. The molecule has 1 aliphatic rings. The van der Waals surface area contributed by atoms with Crippen LogP contribution < -0.4 is 10.1 Å². The number of aromatic nitrogens is 2. The number of imidazole rings is 1. The number of nitrogens with one attached hydrogen (secondary N) is 1. The van der Waals surface area contributed by atoms with Gasteiger partial charge in [0.15, 0.2) is 0 Å². The summed E-state index contributed by atoms with van der Waals surface area (Å²) < 4.78 is 7.76. The summed E-state index contributed by atoms with van der Waals surface area (Å²) in [6.45, 7) is 6.78. The Bertz CT molecular complexity index is 655. The number of hydrogen-bond acceptors (Lipinski definition) is 4. The minimum Gasteiger partial charge on any atom is -0.492 e. The molecule has 0 spiro atoms. The van der Waals surface area contributed by atoms with Crippen molar-refractivity contribution in [2.45, 2.75) is 26.4 Å². The van der Waals surface area contributed by atoms with Crippen molar-refractivity contribution >= 4 is 5.91 Å². The Morgan fingerprint density at radius 3 is 2.92 bits per heavy atom. The number of carbonyl (C=O) groups is 1. The molecule has 1 aliphatic heterocycles. The fourth-order valence-corrected chi connectivity index (χ4v) is 3.15. The molecule has 2 aromatic rings. The number of hydrogen-bond donors (Lipinski definition) is 1. The standard InChI is InChI=1S/C19H26N4O2/c1-2-21-19(24)17-7-9-23(14-17)13-16-3-5-18(6-4-16)25-12-11-22-10-8-20-15-22/h3-6,8,10,15,17H,2,7,9,11-14H2,1H3,(H,21,24)/t17-/m1/s1. The summed E-state index contributed by atoms with van der Waals surface area (Å²) in [5.41, 5.74) is 1.25. The Kier molecular flexibility index (Phi) is 6.06. The number of rotatable bonds is 8. The smallest absolute Gasteiger partial charge is 0.224 e. The van der Waals surface area contributed by atoms with Crippen molar-refractivity contribution in [1.29, 1.82) is 0 Å². The number of ether oxygens (including phenoxy) is 1. The molecule has 3 rings (SSSR count). The molecule has 0 aliphatic carbocycles. The molecule has 1 fully saturated rings. The van der Waals surface area contributed by atoms with Gasteiger partial charge >= 0.3 is 0 Å². The molecule has 0 saturated carbocycles. The Balaban J connectivity index is 1.42. The van der Waals surface area contributed by atoms with Crippen molar-refractivity contribution in [3.05, 3.63) is 48.5 Å². The van der Waals surface area contributed by atoms with E-state index in [-0.39, 0.29) is 11.8 Å². The Hall–Kier alpha value is -2.34. The van der Waals surface area contributed by atoms with E-state index in [4.69, 9.17) is 4.74 Å². The van der Waals surface area contributed by atoms with E-state index in [1.807, 2.05) is 29.8 Å². The van der Waals surface area contributed by atoms with E-state index in [0.29, 0.717) is 13.2 Å². The average Bonchev–Trinajstić information content (AvgIpc) is 3.29. The van der Waals surface area contributed by atoms with Gasteiger partial charge in [-0.25, -0.2) is 4.98 Å². The monoisotopic (exact) mass is 342 g/mol. The van der Waals surface area contributed by atoms with Crippen molar-refractivity contribution in [3.63, 3.8) is 0 Å². The summed E-state index contributed by atoms with van der Waals surface area (Å²) >= 11 is 0. The number of benzene rings is 1. The highest BCUT2D eigenvalue weighted by atomic mass is 16.5. The van der Waals surface area contributed by atoms with Gasteiger partial charge in [0.2, 0.25) is 5.91 Å². The first kappa shape index (κ1) is 17.5.